The van der Waals surface area contributed by atoms with Crippen LogP contribution >= 0.6 is 15.9 Å². The van der Waals surface area contributed by atoms with Crippen molar-refractivity contribution in [3.8, 4) is 5.75 Å². The van der Waals surface area contributed by atoms with Crippen LogP contribution in [0, 0.1) is 22.5 Å². The maximum absolute atomic E-state index is 11.6. The number of amides is 1. The number of hydrogen-bond acceptors (Lipinski definition) is 5. The minimum atomic E-state index is -0.901. The Balaban J connectivity index is 3.04. The van der Waals surface area contributed by atoms with E-state index in [1.165, 1.54) is 6.07 Å². The molecule has 7 nitrogen and oxygen atoms in total. The van der Waals surface area contributed by atoms with Crippen molar-refractivity contribution in [1.29, 1.82) is 0 Å². The second-order valence-corrected chi connectivity index (χ2v) is 5.89. The summed E-state index contributed by atoms with van der Waals surface area (Å²) in [5, 5.41) is 11.0. The summed E-state index contributed by atoms with van der Waals surface area (Å²) in [7, 11) is 0. The predicted octanol–water partition coefficient (Wildman–Crippen LogP) is 2.06. The number of halogens is 1. The number of hydrogen-bond donors (Lipinski definition) is 2. The Kier molecular flexibility index (Phi) is 5.07. The van der Waals surface area contributed by atoms with Crippen molar-refractivity contribution >= 4 is 27.5 Å². The molecule has 0 saturated heterocycles. The van der Waals surface area contributed by atoms with Gasteiger partial charge in [0.25, 0.3) is 0 Å². The zero-order chi connectivity index (χ0) is 15.5. The van der Waals surface area contributed by atoms with E-state index in [2.05, 4.69) is 15.9 Å². The van der Waals surface area contributed by atoms with Gasteiger partial charge >= 0.3 is 5.69 Å². The number of ether oxygens (including phenoxy) is 1. The van der Waals surface area contributed by atoms with Crippen molar-refractivity contribution in [2.45, 2.75) is 20.8 Å². The minimum absolute atomic E-state index is 0.0284. The van der Waals surface area contributed by atoms with Crippen molar-refractivity contribution in [1.82, 2.24) is 5.43 Å². The van der Waals surface area contributed by atoms with E-state index >= 15 is 0 Å². The maximum Gasteiger partial charge on any atom is 0.312 e. The highest BCUT2D eigenvalue weighted by molar-refractivity contribution is 9.10. The van der Waals surface area contributed by atoms with Gasteiger partial charge in [0.2, 0.25) is 5.91 Å². The second kappa shape index (κ2) is 6.19. The van der Waals surface area contributed by atoms with Gasteiger partial charge in [-0.15, -0.1) is 0 Å². The Bertz CT molecular complexity index is 546. The summed E-state index contributed by atoms with van der Waals surface area (Å²) in [6.45, 7) is 4.94. The molecule has 20 heavy (non-hydrogen) atoms. The fourth-order valence-electron chi connectivity index (χ4n) is 1.55. The first kappa shape index (κ1) is 16.4. The number of carbonyl (C=O) groups is 1. The third kappa shape index (κ3) is 3.67. The quantitative estimate of drug-likeness (QED) is 0.367. The molecule has 8 heteroatoms. The van der Waals surface area contributed by atoms with Crippen LogP contribution in [0.25, 0.3) is 0 Å². The van der Waals surface area contributed by atoms with Crippen molar-refractivity contribution in [2.75, 3.05) is 6.61 Å². The molecule has 0 saturated carbocycles. The second-order valence-electron chi connectivity index (χ2n) is 4.97. The number of aryl methyl sites for hydroxylation is 1. The van der Waals surface area contributed by atoms with E-state index in [1.807, 2.05) is 5.43 Å². The average Bonchev–Trinajstić information content (AvgIpc) is 2.35. The molecule has 0 bridgehead atoms. The van der Waals surface area contributed by atoms with E-state index in [4.69, 9.17) is 10.6 Å². The summed E-state index contributed by atoms with van der Waals surface area (Å²) >= 11 is 3.20. The lowest BCUT2D eigenvalue weighted by Crippen LogP contribution is -2.44. The largest absolute Gasteiger partial charge is 0.486 e. The zero-order valence-electron chi connectivity index (χ0n) is 11.4. The molecule has 1 amide bonds. The maximum atomic E-state index is 11.6. The van der Waals surface area contributed by atoms with Crippen molar-refractivity contribution in [2.24, 2.45) is 11.3 Å². The zero-order valence-corrected chi connectivity index (χ0v) is 13.0. The van der Waals surface area contributed by atoms with E-state index in [-0.39, 0.29) is 18.0 Å². The van der Waals surface area contributed by atoms with Gasteiger partial charge in [0.1, 0.15) is 6.61 Å². The van der Waals surface area contributed by atoms with Gasteiger partial charge in [0.05, 0.1) is 10.3 Å². The summed E-state index contributed by atoms with van der Waals surface area (Å²) in [4.78, 5) is 22.1. The highest BCUT2D eigenvalue weighted by atomic mass is 79.9. The minimum Gasteiger partial charge on any atom is -0.486 e. The van der Waals surface area contributed by atoms with E-state index in [9.17, 15) is 14.9 Å². The van der Waals surface area contributed by atoms with Crippen LogP contribution in [-0.4, -0.2) is 17.4 Å². The third-order valence-electron chi connectivity index (χ3n) is 2.74. The summed E-state index contributed by atoms with van der Waals surface area (Å²) in [6.07, 6.45) is 0. The number of nitrogens with two attached hydrogens (primary N) is 1. The first-order valence-corrected chi connectivity index (χ1v) is 6.56. The monoisotopic (exact) mass is 345 g/mol. The van der Waals surface area contributed by atoms with Gasteiger partial charge < -0.3 is 4.74 Å². The van der Waals surface area contributed by atoms with Crippen molar-refractivity contribution in [3.05, 3.63) is 32.3 Å². The molecule has 1 aromatic rings. The lowest BCUT2D eigenvalue weighted by atomic mass is 9.94. The molecule has 0 spiro atoms. The van der Waals surface area contributed by atoms with Gasteiger partial charge in [0.15, 0.2) is 5.75 Å². The highest BCUT2D eigenvalue weighted by Gasteiger charge is 2.30. The van der Waals surface area contributed by atoms with Crippen molar-refractivity contribution < 1.29 is 14.5 Å². The fourth-order valence-corrected chi connectivity index (χ4v) is 2.11. The van der Waals surface area contributed by atoms with Crippen LogP contribution in [0.5, 0.6) is 5.75 Å². The molecule has 110 valence electrons. The Hall–Kier alpha value is -1.67. The first-order valence-electron chi connectivity index (χ1n) is 5.77. The van der Waals surface area contributed by atoms with Gasteiger partial charge in [-0.2, -0.15) is 0 Å². The van der Waals surface area contributed by atoms with E-state index in [1.54, 1.807) is 26.8 Å². The lowest BCUT2D eigenvalue weighted by molar-refractivity contribution is -0.386. The van der Waals surface area contributed by atoms with Crippen LogP contribution in [0.2, 0.25) is 0 Å². The van der Waals surface area contributed by atoms with E-state index in [0.29, 0.717) is 10.0 Å². The number of hydrazine groups is 1. The van der Waals surface area contributed by atoms with Crippen LogP contribution in [0.1, 0.15) is 19.4 Å². The Morgan fingerprint density at radius 1 is 1.55 bits per heavy atom. The molecule has 0 unspecified atom stereocenters. The number of nitro groups is 1. The topological polar surface area (TPSA) is 107 Å². The standard InChI is InChI=1S/C12H16BrN3O4/c1-7-4-8(13)5-9(16(18)19)10(7)20-6-12(2,3)11(17)15-14/h4-5H,6,14H2,1-3H3,(H,15,17). The Morgan fingerprint density at radius 3 is 2.65 bits per heavy atom. The molecule has 1 rings (SSSR count). The average molecular weight is 346 g/mol. The molecule has 0 radical (unpaired) electrons. The first-order chi connectivity index (χ1) is 9.19. The van der Waals surface area contributed by atoms with Gasteiger partial charge in [-0.3, -0.25) is 20.3 Å². The molecule has 0 aliphatic rings. The van der Waals surface area contributed by atoms with Crippen LogP contribution in [0.4, 0.5) is 5.69 Å². The molecule has 0 aliphatic heterocycles. The van der Waals surface area contributed by atoms with Gasteiger partial charge in [0, 0.05) is 10.5 Å². The molecule has 0 aromatic heterocycles. The van der Waals surface area contributed by atoms with Gasteiger partial charge in [-0.25, -0.2) is 5.84 Å². The molecule has 3 N–H and O–H groups in total. The number of benzene rings is 1. The van der Waals surface area contributed by atoms with E-state index in [0.717, 1.165) is 0 Å². The molecular formula is C12H16BrN3O4. The Labute approximate surface area is 124 Å². The number of nitrogens with one attached hydrogen (secondary N) is 1. The molecule has 0 atom stereocenters. The molecule has 0 fully saturated rings. The Morgan fingerprint density at radius 2 is 2.15 bits per heavy atom. The number of nitrogens with zero attached hydrogens (tertiary/aromatic N) is 1. The number of nitro benzene ring substituents is 1. The molecule has 0 heterocycles. The van der Waals surface area contributed by atoms with Gasteiger partial charge in [-0.05, 0) is 32.4 Å². The summed E-state index contributed by atoms with van der Waals surface area (Å²) in [5.41, 5.74) is 1.60. The van der Waals surface area contributed by atoms with Crippen LogP contribution in [0.3, 0.4) is 0 Å². The fraction of sp³-hybridized carbons (Fsp3) is 0.417. The van der Waals surface area contributed by atoms with Crippen LogP contribution in [0.15, 0.2) is 16.6 Å². The predicted molar refractivity (Wildman–Crippen MR) is 77.1 cm³/mol. The molecule has 0 aliphatic carbocycles. The molecule has 1 aromatic carbocycles. The summed E-state index contributed by atoms with van der Waals surface area (Å²) in [5.74, 6) is 4.83. The summed E-state index contributed by atoms with van der Waals surface area (Å²) in [6, 6.07) is 3.07. The molecular weight excluding hydrogens is 330 g/mol. The summed E-state index contributed by atoms with van der Waals surface area (Å²) < 4.78 is 6.08. The van der Waals surface area contributed by atoms with E-state index < -0.39 is 16.2 Å². The normalized spacial score (nSPS) is 11.1. The van der Waals surface area contributed by atoms with Crippen LogP contribution < -0.4 is 16.0 Å². The third-order valence-corrected chi connectivity index (χ3v) is 3.20. The number of carbonyl (C=O) groups excluding carboxylic acids is 1. The lowest BCUT2D eigenvalue weighted by Gasteiger charge is -2.22. The number of rotatable bonds is 5. The van der Waals surface area contributed by atoms with Gasteiger partial charge in [-0.1, -0.05) is 15.9 Å². The SMILES string of the molecule is Cc1cc(Br)cc([N+](=O)[O-])c1OCC(C)(C)C(=O)NN. The van der Waals surface area contributed by atoms with Crippen molar-refractivity contribution in [3.63, 3.8) is 0 Å². The van der Waals surface area contributed by atoms with Crippen LogP contribution in [-0.2, 0) is 4.79 Å². The highest BCUT2D eigenvalue weighted by Crippen LogP contribution is 2.35. The smallest absolute Gasteiger partial charge is 0.312 e.